The fourth-order valence-corrected chi connectivity index (χ4v) is 5.12. The van der Waals surface area contributed by atoms with Gasteiger partial charge in [-0.15, -0.1) is 0 Å². The van der Waals surface area contributed by atoms with Gasteiger partial charge in [-0.2, -0.15) is 0 Å². The molecule has 0 unspecified atom stereocenters. The second-order valence-electron chi connectivity index (χ2n) is 7.59. The first-order valence-corrected chi connectivity index (χ1v) is 13.2. The molecule has 3 aromatic carbocycles. The molecule has 0 saturated heterocycles. The summed E-state index contributed by atoms with van der Waals surface area (Å²) in [7, 11) is -4.13. The molecule has 4 aromatic rings. The highest BCUT2D eigenvalue weighted by Crippen LogP contribution is 2.31. The van der Waals surface area contributed by atoms with E-state index in [1.165, 1.54) is 0 Å². The molecule has 0 aliphatic heterocycles. The number of sulfonamides is 1. The number of fused-ring (bicyclic) bond motifs is 1. The second-order valence-corrected chi connectivity index (χ2v) is 11.0. The van der Waals surface area contributed by atoms with E-state index < -0.39 is 32.4 Å². The molecule has 0 aliphatic rings. The molecule has 0 saturated carbocycles. The molecule has 7 nitrogen and oxygen atoms in total. The first kappa shape index (κ1) is 25.3. The van der Waals surface area contributed by atoms with Crippen molar-refractivity contribution >= 4 is 61.0 Å². The van der Waals surface area contributed by atoms with Gasteiger partial charge in [0, 0.05) is 33.3 Å². The topological polar surface area (TPSA) is 108 Å². The third-order valence-corrected chi connectivity index (χ3v) is 7.45. The van der Waals surface area contributed by atoms with Crippen LogP contribution in [-0.2, 0) is 23.1 Å². The van der Waals surface area contributed by atoms with E-state index >= 15 is 0 Å². The molecule has 4 rings (SSSR count). The third-order valence-electron chi connectivity index (χ3n) is 5.15. The van der Waals surface area contributed by atoms with Crippen LogP contribution in [0.15, 0.2) is 71.8 Å². The number of halogens is 3. The minimum atomic E-state index is -4.13. The molecule has 0 atom stereocenters. The van der Waals surface area contributed by atoms with Crippen LogP contribution in [0.25, 0.3) is 10.9 Å². The predicted octanol–water partition coefficient (Wildman–Crippen LogP) is 4.75. The van der Waals surface area contributed by atoms with E-state index in [0.29, 0.717) is 5.02 Å². The maximum atomic E-state index is 14.7. The Morgan fingerprint density at radius 3 is 2.51 bits per heavy atom. The largest absolute Gasteiger partial charge is 0.506 e. The Kier molecular flexibility index (Phi) is 7.55. The summed E-state index contributed by atoms with van der Waals surface area (Å²) in [4.78, 5) is 16.2. The molecular weight excluding hydrogens is 608 g/mol. The Labute approximate surface area is 219 Å². The van der Waals surface area contributed by atoms with Gasteiger partial charge in [0.15, 0.2) is 5.82 Å². The van der Waals surface area contributed by atoms with Gasteiger partial charge in [-0.1, -0.05) is 35.9 Å². The van der Waals surface area contributed by atoms with Gasteiger partial charge in [-0.05, 0) is 70.1 Å². The molecule has 0 spiro atoms. The predicted molar refractivity (Wildman–Crippen MR) is 139 cm³/mol. The van der Waals surface area contributed by atoms with Gasteiger partial charge in [-0.3, -0.25) is 9.78 Å². The number of rotatable bonds is 7. The number of aromatic hydroxyl groups is 1. The van der Waals surface area contributed by atoms with Crippen LogP contribution in [0, 0.1) is 9.39 Å². The average molecular weight is 626 g/mol. The zero-order valence-electron chi connectivity index (χ0n) is 17.9. The van der Waals surface area contributed by atoms with Crippen molar-refractivity contribution in [2.45, 2.75) is 18.0 Å². The SMILES string of the molecule is O=C(NCc1ccc(Cl)cc1)c1cnc2c(F)cc(S(=O)(=O)NCc3cccc(I)c3)cc2c1O. The number of nitrogens with zero attached hydrogens (tertiary/aromatic N) is 1. The highest BCUT2D eigenvalue weighted by Gasteiger charge is 2.22. The zero-order valence-corrected chi connectivity index (χ0v) is 21.7. The van der Waals surface area contributed by atoms with E-state index in [-0.39, 0.29) is 29.6 Å². The van der Waals surface area contributed by atoms with Crippen LogP contribution in [0.3, 0.4) is 0 Å². The van der Waals surface area contributed by atoms with Crippen LogP contribution < -0.4 is 10.0 Å². The molecular formula is C24H18ClFIN3O4S. The molecule has 1 amide bonds. The highest BCUT2D eigenvalue weighted by atomic mass is 127. The second kappa shape index (κ2) is 10.4. The van der Waals surface area contributed by atoms with Crippen LogP contribution in [-0.4, -0.2) is 24.4 Å². The lowest BCUT2D eigenvalue weighted by atomic mass is 10.1. The smallest absolute Gasteiger partial charge is 0.256 e. The van der Waals surface area contributed by atoms with Crippen molar-refractivity contribution in [2.75, 3.05) is 0 Å². The quantitative estimate of drug-likeness (QED) is 0.257. The summed E-state index contributed by atoms with van der Waals surface area (Å²) in [5.41, 5.74) is 1.03. The standard InChI is InChI=1S/C24H18ClFIN3O4S/c25-16-6-4-14(5-7-16)11-29-24(32)20-13-28-22-19(23(20)31)9-18(10-21(22)26)35(33,34)30-12-15-2-1-3-17(27)8-15/h1-10,13,30H,11-12H2,(H,28,31)(H,29,32). The maximum Gasteiger partial charge on any atom is 0.256 e. The first-order valence-electron chi connectivity index (χ1n) is 10.2. The number of hydrogen-bond donors (Lipinski definition) is 3. The van der Waals surface area contributed by atoms with Gasteiger partial charge in [0.1, 0.15) is 16.8 Å². The molecule has 11 heteroatoms. The summed E-state index contributed by atoms with van der Waals surface area (Å²) in [6.07, 6.45) is 1.04. The van der Waals surface area contributed by atoms with Crippen LogP contribution in [0.4, 0.5) is 4.39 Å². The Hall–Kier alpha value is -2.80. The fraction of sp³-hybridized carbons (Fsp3) is 0.0833. The van der Waals surface area contributed by atoms with Crippen LogP contribution >= 0.6 is 34.2 Å². The van der Waals surface area contributed by atoms with Crippen LogP contribution in [0.1, 0.15) is 21.5 Å². The molecule has 0 radical (unpaired) electrons. The summed E-state index contributed by atoms with van der Waals surface area (Å²) < 4.78 is 43.7. The van der Waals surface area contributed by atoms with Gasteiger partial charge >= 0.3 is 0 Å². The molecule has 1 aromatic heterocycles. The summed E-state index contributed by atoms with van der Waals surface area (Å²) in [6.45, 7) is 0.148. The van der Waals surface area contributed by atoms with Crippen molar-refractivity contribution in [3.63, 3.8) is 0 Å². The molecule has 1 heterocycles. The lowest BCUT2D eigenvalue weighted by molar-refractivity contribution is 0.0948. The van der Waals surface area contributed by atoms with Crippen molar-refractivity contribution < 1.29 is 22.7 Å². The lowest BCUT2D eigenvalue weighted by Crippen LogP contribution is -2.24. The van der Waals surface area contributed by atoms with Gasteiger partial charge in [0.2, 0.25) is 10.0 Å². The Bertz CT molecular complexity index is 1530. The first-order chi connectivity index (χ1) is 16.6. The number of carbonyl (C=O) groups excluding carboxylic acids is 1. The minimum Gasteiger partial charge on any atom is -0.506 e. The van der Waals surface area contributed by atoms with Gasteiger partial charge in [0.05, 0.1) is 4.90 Å². The minimum absolute atomic E-state index is 0.00376. The van der Waals surface area contributed by atoms with E-state index in [1.54, 1.807) is 36.4 Å². The molecule has 35 heavy (non-hydrogen) atoms. The Morgan fingerprint density at radius 1 is 1.06 bits per heavy atom. The van der Waals surface area contributed by atoms with Gasteiger partial charge < -0.3 is 10.4 Å². The maximum absolute atomic E-state index is 14.7. The Morgan fingerprint density at radius 2 is 1.80 bits per heavy atom. The molecule has 180 valence electrons. The van der Waals surface area contributed by atoms with E-state index in [0.717, 1.165) is 33.0 Å². The molecule has 3 N–H and O–H groups in total. The summed E-state index contributed by atoms with van der Waals surface area (Å²) in [5, 5.41) is 13.7. The highest BCUT2D eigenvalue weighted by molar-refractivity contribution is 14.1. The lowest BCUT2D eigenvalue weighted by Gasteiger charge is -2.12. The van der Waals surface area contributed by atoms with Crippen LogP contribution in [0.5, 0.6) is 5.75 Å². The van der Waals surface area contributed by atoms with Crippen molar-refractivity contribution in [2.24, 2.45) is 0 Å². The van der Waals surface area contributed by atoms with Crippen LogP contribution in [0.2, 0.25) is 5.02 Å². The molecule has 0 bridgehead atoms. The number of pyridine rings is 1. The number of aromatic nitrogens is 1. The van der Waals surface area contributed by atoms with Crippen molar-refractivity contribution in [3.8, 4) is 5.75 Å². The van der Waals surface area contributed by atoms with Gasteiger partial charge in [-0.25, -0.2) is 17.5 Å². The van der Waals surface area contributed by atoms with Crippen molar-refractivity contribution in [1.29, 1.82) is 0 Å². The summed E-state index contributed by atoms with van der Waals surface area (Å²) in [5.74, 6) is -2.17. The van der Waals surface area contributed by atoms with Crippen molar-refractivity contribution in [3.05, 3.63) is 98.0 Å². The number of carbonyl (C=O) groups is 1. The average Bonchev–Trinajstić information content (AvgIpc) is 2.83. The monoisotopic (exact) mass is 625 g/mol. The number of benzene rings is 3. The van der Waals surface area contributed by atoms with E-state index in [4.69, 9.17) is 11.6 Å². The van der Waals surface area contributed by atoms with E-state index in [1.807, 2.05) is 12.1 Å². The molecule has 0 aliphatic carbocycles. The number of nitrogens with one attached hydrogen (secondary N) is 2. The normalized spacial score (nSPS) is 11.5. The Balaban J connectivity index is 1.60. The zero-order chi connectivity index (χ0) is 25.2. The fourth-order valence-electron chi connectivity index (χ4n) is 3.33. The van der Waals surface area contributed by atoms with E-state index in [9.17, 15) is 22.7 Å². The number of hydrogen-bond acceptors (Lipinski definition) is 5. The summed E-state index contributed by atoms with van der Waals surface area (Å²) >= 11 is 7.97. The van der Waals surface area contributed by atoms with Gasteiger partial charge in [0.25, 0.3) is 5.91 Å². The number of amides is 1. The molecule has 0 fully saturated rings. The van der Waals surface area contributed by atoms with E-state index in [2.05, 4.69) is 37.6 Å². The summed E-state index contributed by atoms with van der Waals surface area (Å²) in [6, 6.07) is 16.0. The van der Waals surface area contributed by atoms with Crippen molar-refractivity contribution in [1.82, 2.24) is 15.0 Å². The third kappa shape index (κ3) is 5.89.